The van der Waals surface area contributed by atoms with Crippen molar-refractivity contribution in [1.82, 2.24) is 15.5 Å². The predicted octanol–water partition coefficient (Wildman–Crippen LogP) is 3.60. The maximum absolute atomic E-state index is 12.5. The minimum Gasteiger partial charge on any atom is -0.353 e. The molecule has 0 aliphatic heterocycles. The minimum atomic E-state index is -0.606. The van der Waals surface area contributed by atoms with Crippen LogP contribution < -0.4 is 10.6 Å². The second-order valence-corrected chi connectivity index (χ2v) is 7.44. The van der Waals surface area contributed by atoms with Crippen LogP contribution in [0.4, 0.5) is 0 Å². The lowest BCUT2D eigenvalue weighted by Crippen LogP contribution is -2.48. The first-order chi connectivity index (χ1) is 12.3. The van der Waals surface area contributed by atoms with E-state index in [-0.39, 0.29) is 22.8 Å². The summed E-state index contributed by atoms with van der Waals surface area (Å²) < 4.78 is 0. The lowest BCUT2D eigenvalue weighted by molar-refractivity contribution is -0.123. The van der Waals surface area contributed by atoms with E-state index in [9.17, 15) is 9.59 Å². The third kappa shape index (κ3) is 7.52. The van der Waals surface area contributed by atoms with Gasteiger partial charge in [-0.05, 0) is 43.6 Å². The normalized spacial score (nSPS) is 12.3. The maximum Gasteiger partial charge on any atom is 0.253 e. The molecule has 0 aliphatic carbocycles. The molecular formula is C19H29Cl2N3O2. The van der Waals surface area contributed by atoms with Crippen molar-refractivity contribution in [3.8, 4) is 0 Å². The van der Waals surface area contributed by atoms with Crippen LogP contribution in [0.25, 0.3) is 0 Å². The molecular weight excluding hydrogens is 373 g/mol. The summed E-state index contributed by atoms with van der Waals surface area (Å²) in [5, 5.41) is 6.44. The molecule has 1 rings (SSSR count). The molecule has 0 fully saturated rings. The number of nitrogens with zero attached hydrogens (tertiary/aromatic N) is 1. The number of carbonyl (C=O) groups is 2. The summed E-state index contributed by atoms with van der Waals surface area (Å²) in [4.78, 5) is 27.3. The molecule has 1 atom stereocenters. The summed E-state index contributed by atoms with van der Waals surface area (Å²) in [7, 11) is 0. The molecule has 1 aromatic rings. The van der Waals surface area contributed by atoms with Gasteiger partial charge in [0.25, 0.3) is 5.91 Å². The van der Waals surface area contributed by atoms with Crippen LogP contribution in [0, 0.1) is 5.92 Å². The summed E-state index contributed by atoms with van der Waals surface area (Å²) in [6.45, 7) is 11.4. The minimum absolute atomic E-state index is 0.177. The molecule has 0 unspecified atom stereocenters. The van der Waals surface area contributed by atoms with Gasteiger partial charge in [0.1, 0.15) is 6.04 Å². The van der Waals surface area contributed by atoms with Crippen molar-refractivity contribution in [2.75, 3.05) is 26.2 Å². The van der Waals surface area contributed by atoms with Crippen molar-refractivity contribution in [2.24, 2.45) is 5.92 Å². The molecule has 0 radical (unpaired) electrons. The number of hydrogen-bond acceptors (Lipinski definition) is 3. The zero-order valence-electron chi connectivity index (χ0n) is 15.9. The molecule has 7 heteroatoms. The van der Waals surface area contributed by atoms with E-state index in [1.54, 1.807) is 12.1 Å². The van der Waals surface area contributed by atoms with Crippen LogP contribution >= 0.6 is 23.2 Å². The first-order valence-corrected chi connectivity index (χ1v) is 9.80. The van der Waals surface area contributed by atoms with Crippen molar-refractivity contribution in [2.45, 2.75) is 40.2 Å². The van der Waals surface area contributed by atoms with Crippen molar-refractivity contribution in [3.05, 3.63) is 33.8 Å². The lowest BCUT2D eigenvalue weighted by atomic mass is 10.0. The Labute approximate surface area is 166 Å². The van der Waals surface area contributed by atoms with E-state index in [2.05, 4.69) is 29.4 Å². The molecule has 1 aromatic carbocycles. The second kappa shape index (κ2) is 11.4. The lowest BCUT2D eigenvalue weighted by Gasteiger charge is -2.22. The van der Waals surface area contributed by atoms with Crippen LogP contribution in [0.3, 0.4) is 0 Å². The van der Waals surface area contributed by atoms with Crippen LogP contribution in [0.1, 0.15) is 44.5 Å². The van der Waals surface area contributed by atoms with Gasteiger partial charge in [0, 0.05) is 18.1 Å². The van der Waals surface area contributed by atoms with Gasteiger partial charge >= 0.3 is 0 Å². The van der Waals surface area contributed by atoms with Gasteiger partial charge in [-0.2, -0.15) is 0 Å². The Morgan fingerprint density at radius 3 is 2.35 bits per heavy atom. The molecule has 26 heavy (non-hydrogen) atoms. The van der Waals surface area contributed by atoms with Gasteiger partial charge in [-0.25, -0.2) is 0 Å². The van der Waals surface area contributed by atoms with Gasteiger partial charge in [0.2, 0.25) is 5.91 Å². The fraction of sp³-hybridized carbons (Fsp3) is 0.579. The number of benzene rings is 1. The number of likely N-dealkylation sites (N-methyl/N-ethyl adjacent to an activating group) is 1. The third-order valence-electron chi connectivity index (χ3n) is 4.13. The highest BCUT2D eigenvalue weighted by molar-refractivity contribution is 6.36. The zero-order chi connectivity index (χ0) is 19.7. The van der Waals surface area contributed by atoms with Gasteiger partial charge in [-0.3, -0.25) is 9.59 Å². The largest absolute Gasteiger partial charge is 0.353 e. The van der Waals surface area contributed by atoms with Crippen LogP contribution in [0.2, 0.25) is 10.0 Å². The van der Waals surface area contributed by atoms with Gasteiger partial charge in [0.05, 0.1) is 10.6 Å². The Morgan fingerprint density at radius 2 is 1.81 bits per heavy atom. The third-order valence-corrected chi connectivity index (χ3v) is 4.67. The fourth-order valence-electron chi connectivity index (χ4n) is 2.61. The number of nitrogens with one attached hydrogen (secondary N) is 2. The first kappa shape index (κ1) is 22.7. The van der Waals surface area contributed by atoms with E-state index in [0.29, 0.717) is 23.6 Å². The Kier molecular flexibility index (Phi) is 9.99. The fourth-order valence-corrected chi connectivity index (χ4v) is 3.11. The van der Waals surface area contributed by atoms with E-state index >= 15 is 0 Å². The van der Waals surface area contributed by atoms with E-state index in [0.717, 1.165) is 19.6 Å². The van der Waals surface area contributed by atoms with Crippen LogP contribution in [-0.4, -0.2) is 48.9 Å². The standard InChI is InChI=1S/C19H29Cl2N3O2/c1-5-24(6-2)10-9-22-19(26)17(11-13(3)4)23-18(25)15-8-7-14(20)12-16(15)21/h7-8,12-13,17H,5-6,9-11H2,1-4H3,(H,22,26)(H,23,25)/t17-/m0/s1. The van der Waals surface area contributed by atoms with E-state index in [1.807, 2.05) is 13.8 Å². The van der Waals surface area contributed by atoms with Crippen LogP contribution in [0.5, 0.6) is 0 Å². The summed E-state index contributed by atoms with van der Waals surface area (Å²) >= 11 is 12.0. The molecule has 5 nitrogen and oxygen atoms in total. The van der Waals surface area contributed by atoms with Crippen molar-refractivity contribution >= 4 is 35.0 Å². The van der Waals surface area contributed by atoms with E-state index < -0.39 is 6.04 Å². The smallest absolute Gasteiger partial charge is 0.253 e. The number of halogens is 2. The Morgan fingerprint density at radius 1 is 1.15 bits per heavy atom. The number of hydrogen-bond donors (Lipinski definition) is 2. The van der Waals surface area contributed by atoms with Gasteiger partial charge in [0.15, 0.2) is 0 Å². The van der Waals surface area contributed by atoms with Gasteiger partial charge in [-0.15, -0.1) is 0 Å². The quantitative estimate of drug-likeness (QED) is 0.629. The van der Waals surface area contributed by atoms with Crippen LogP contribution in [0.15, 0.2) is 18.2 Å². The van der Waals surface area contributed by atoms with E-state index in [1.165, 1.54) is 6.07 Å². The number of amides is 2. The Bertz CT molecular complexity index is 604. The molecule has 2 amide bonds. The summed E-state index contributed by atoms with van der Waals surface area (Å²) in [6.07, 6.45) is 0.550. The summed E-state index contributed by atoms with van der Waals surface area (Å²) in [5.41, 5.74) is 0.306. The molecule has 2 N–H and O–H groups in total. The monoisotopic (exact) mass is 401 g/mol. The molecule has 0 aliphatic rings. The average Bonchev–Trinajstić information content (AvgIpc) is 2.57. The first-order valence-electron chi connectivity index (χ1n) is 9.04. The summed E-state index contributed by atoms with van der Waals surface area (Å²) in [5.74, 6) is -0.296. The maximum atomic E-state index is 12.5. The number of rotatable bonds is 10. The highest BCUT2D eigenvalue weighted by atomic mass is 35.5. The number of carbonyl (C=O) groups excluding carboxylic acids is 2. The second-order valence-electron chi connectivity index (χ2n) is 6.60. The van der Waals surface area contributed by atoms with Gasteiger partial charge < -0.3 is 15.5 Å². The molecule has 146 valence electrons. The van der Waals surface area contributed by atoms with Gasteiger partial charge in [-0.1, -0.05) is 50.9 Å². The molecule has 0 bridgehead atoms. The van der Waals surface area contributed by atoms with Crippen molar-refractivity contribution in [3.63, 3.8) is 0 Å². The Balaban J connectivity index is 2.73. The van der Waals surface area contributed by atoms with Crippen molar-refractivity contribution < 1.29 is 9.59 Å². The molecule has 0 saturated carbocycles. The van der Waals surface area contributed by atoms with Crippen LogP contribution in [-0.2, 0) is 4.79 Å². The molecule has 0 aromatic heterocycles. The Hall–Kier alpha value is -1.30. The molecule has 0 saturated heterocycles. The average molecular weight is 402 g/mol. The summed E-state index contributed by atoms with van der Waals surface area (Å²) in [6, 6.07) is 4.07. The highest BCUT2D eigenvalue weighted by Gasteiger charge is 2.23. The van der Waals surface area contributed by atoms with Crippen molar-refractivity contribution in [1.29, 1.82) is 0 Å². The van der Waals surface area contributed by atoms with E-state index in [4.69, 9.17) is 23.2 Å². The SMILES string of the molecule is CCN(CC)CCNC(=O)[C@H](CC(C)C)NC(=O)c1ccc(Cl)cc1Cl. The topological polar surface area (TPSA) is 61.4 Å². The predicted molar refractivity (Wildman–Crippen MR) is 108 cm³/mol. The zero-order valence-corrected chi connectivity index (χ0v) is 17.5. The molecule has 0 heterocycles. The highest BCUT2D eigenvalue weighted by Crippen LogP contribution is 2.21. The molecule has 0 spiro atoms.